The van der Waals surface area contributed by atoms with E-state index in [0.717, 1.165) is 5.56 Å². The van der Waals surface area contributed by atoms with Crippen molar-refractivity contribution < 1.29 is 0 Å². The molecule has 3 heterocycles. The summed E-state index contributed by atoms with van der Waals surface area (Å²) in [5.74, 6) is 0.577. The van der Waals surface area contributed by atoms with Crippen molar-refractivity contribution in [3.8, 4) is 11.1 Å². The van der Waals surface area contributed by atoms with Crippen LogP contribution in [0.3, 0.4) is 0 Å². The molecule has 27 heavy (non-hydrogen) atoms. The summed E-state index contributed by atoms with van der Waals surface area (Å²) in [4.78, 5) is 7.41. The van der Waals surface area contributed by atoms with Crippen LogP contribution in [0.25, 0.3) is 21.9 Å². The van der Waals surface area contributed by atoms with Crippen molar-refractivity contribution in [2.24, 2.45) is 12.5 Å². The predicted molar refractivity (Wildman–Crippen MR) is 112 cm³/mol. The highest BCUT2D eigenvalue weighted by molar-refractivity contribution is 5.86. The van der Waals surface area contributed by atoms with Crippen LogP contribution in [0.1, 0.15) is 45.2 Å². The van der Waals surface area contributed by atoms with Crippen LogP contribution in [-0.4, -0.2) is 39.3 Å². The van der Waals surface area contributed by atoms with Crippen LogP contribution in [-0.2, 0) is 7.05 Å². The number of rotatable bonds is 3. The van der Waals surface area contributed by atoms with Gasteiger partial charge in [0.1, 0.15) is 0 Å². The van der Waals surface area contributed by atoms with Crippen molar-refractivity contribution in [2.75, 3.05) is 19.6 Å². The summed E-state index contributed by atoms with van der Waals surface area (Å²) in [6.07, 6.45) is 8.44. The molecular weight excluding hydrogens is 332 g/mol. The van der Waals surface area contributed by atoms with E-state index in [0.29, 0.717) is 11.3 Å². The standard InChI is InChI=1S/C23H30N4/c1-23(2,3)16-27-9-7-17(8-10-27)22-12-20-11-18(5-6-19(20)13-24-22)21-14-25-26(4)15-21/h5-6,11-15,17H,7-10,16H2,1-4H3. The van der Waals surface area contributed by atoms with Gasteiger partial charge < -0.3 is 4.90 Å². The average Bonchev–Trinajstić information content (AvgIpc) is 3.06. The first-order valence-electron chi connectivity index (χ1n) is 9.98. The van der Waals surface area contributed by atoms with Crippen LogP contribution in [0.5, 0.6) is 0 Å². The van der Waals surface area contributed by atoms with Crippen molar-refractivity contribution in [3.05, 3.63) is 48.5 Å². The summed E-state index contributed by atoms with van der Waals surface area (Å²) in [6, 6.07) is 8.90. The Morgan fingerprint density at radius 2 is 1.78 bits per heavy atom. The molecule has 0 radical (unpaired) electrons. The molecule has 4 heteroatoms. The Bertz CT molecular complexity index is 927. The summed E-state index contributed by atoms with van der Waals surface area (Å²) < 4.78 is 1.85. The minimum absolute atomic E-state index is 0.372. The van der Waals surface area contributed by atoms with E-state index in [2.05, 4.69) is 61.2 Å². The highest BCUT2D eigenvalue weighted by atomic mass is 15.2. The van der Waals surface area contributed by atoms with Crippen molar-refractivity contribution >= 4 is 10.8 Å². The van der Waals surface area contributed by atoms with Gasteiger partial charge in [0.25, 0.3) is 0 Å². The van der Waals surface area contributed by atoms with Gasteiger partial charge in [-0.25, -0.2) is 0 Å². The lowest BCUT2D eigenvalue weighted by molar-refractivity contribution is 0.153. The number of nitrogens with zero attached hydrogens (tertiary/aromatic N) is 4. The molecule has 0 amide bonds. The Hall–Kier alpha value is -2.20. The van der Waals surface area contributed by atoms with Gasteiger partial charge in [0.05, 0.1) is 6.20 Å². The fourth-order valence-electron chi connectivity index (χ4n) is 4.19. The lowest BCUT2D eigenvalue weighted by atomic mass is 9.89. The van der Waals surface area contributed by atoms with Gasteiger partial charge in [-0.3, -0.25) is 9.67 Å². The van der Waals surface area contributed by atoms with Gasteiger partial charge in [0.2, 0.25) is 0 Å². The molecule has 2 aromatic heterocycles. The number of aromatic nitrogens is 3. The van der Waals surface area contributed by atoms with Gasteiger partial charge in [-0.1, -0.05) is 32.9 Å². The first-order chi connectivity index (χ1) is 12.9. The first kappa shape index (κ1) is 18.2. The summed E-state index contributed by atoms with van der Waals surface area (Å²) >= 11 is 0. The van der Waals surface area contributed by atoms with E-state index >= 15 is 0 Å². The Morgan fingerprint density at radius 1 is 1.00 bits per heavy atom. The topological polar surface area (TPSA) is 34.0 Å². The molecule has 0 bridgehead atoms. The van der Waals surface area contributed by atoms with Gasteiger partial charge in [-0.15, -0.1) is 0 Å². The van der Waals surface area contributed by atoms with E-state index in [1.807, 2.05) is 24.1 Å². The molecule has 0 atom stereocenters. The van der Waals surface area contributed by atoms with E-state index in [9.17, 15) is 0 Å². The number of hydrogen-bond acceptors (Lipinski definition) is 3. The normalized spacial score (nSPS) is 16.9. The highest BCUT2D eigenvalue weighted by Gasteiger charge is 2.24. The largest absolute Gasteiger partial charge is 0.303 e. The summed E-state index contributed by atoms with van der Waals surface area (Å²) in [5.41, 5.74) is 4.00. The average molecular weight is 363 g/mol. The molecule has 0 N–H and O–H groups in total. The molecule has 4 rings (SSSR count). The quantitative estimate of drug-likeness (QED) is 0.667. The molecule has 1 aliphatic heterocycles. The van der Waals surface area contributed by atoms with E-state index < -0.39 is 0 Å². The molecule has 142 valence electrons. The monoisotopic (exact) mass is 362 g/mol. The molecule has 1 aliphatic rings. The Balaban J connectivity index is 1.53. The zero-order valence-corrected chi connectivity index (χ0v) is 16.9. The van der Waals surface area contributed by atoms with Crippen molar-refractivity contribution in [2.45, 2.75) is 39.5 Å². The van der Waals surface area contributed by atoms with Crippen LogP contribution < -0.4 is 0 Å². The minimum Gasteiger partial charge on any atom is -0.303 e. The summed E-state index contributed by atoms with van der Waals surface area (Å²) in [7, 11) is 1.96. The molecular formula is C23H30N4. The summed E-state index contributed by atoms with van der Waals surface area (Å²) in [5, 5.41) is 6.78. The number of hydrogen-bond donors (Lipinski definition) is 0. The Labute approximate surface area is 162 Å². The van der Waals surface area contributed by atoms with Gasteiger partial charge in [0.15, 0.2) is 0 Å². The first-order valence-corrected chi connectivity index (χ1v) is 9.98. The second-order valence-electron chi connectivity index (χ2n) is 9.18. The molecule has 0 unspecified atom stereocenters. The number of likely N-dealkylation sites (tertiary alicyclic amines) is 1. The number of aryl methyl sites for hydroxylation is 1. The van der Waals surface area contributed by atoms with Crippen LogP contribution in [0.15, 0.2) is 42.9 Å². The minimum atomic E-state index is 0.372. The van der Waals surface area contributed by atoms with Gasteiger partial charge in [-0.2, -0.15) is 5.10 Å². The fraction of sp³-hybridized carbons (Fsp3) is 0.478. The molecule has 1 aromatic carbocycles. The van der Waals surface area contributed by atoms with Gasteiger partial charge in [-0.05, 0) is 54.4 Å². The van der Waals surface area contributed by atoms with E-state index in [1.165, 1.54) is 54.5 Å². The lowest BCUT2D eigenvalue weighted by Crippen LogP contribution is -2.38. The molecule has 0 aliphatic carbocycles. The van der Waals surface area contributed by atoms with E-state index in [1.54, 1.807) is 0 Å². The smallest absolute Gasteiger partial charge is 0.0568 e. The molecule has 3 aromatic rings. The highest BCUT2D eigenvalue weighted by Crippen LogP contribution is 2.31. The Kier molecular flexibility index (Phi) is 4.77. The second kappa shape index (κ2) is 7.08. The maximum atomic E-state index is 4.80. The molecule has 1 saturated heterocycles. The number of benzene rings is 1. The SMILES string of the molecule is Cn1cc(-c2ccc3cnc(C4CCN(CC(C)(C)C)CC4)cc3c2)cn1. The third kappa shape index (κ3) is 4.22. The van der Waals surface area contributed by atoms with E-state index in [4.69, 9.17) is 4.98 Å². The zero-order chi connectivity index (χ0) is 19.0. The predicted octanol–water partition coefficient (Wildman–Crippen LogP) is 4.86. The summed E-state index contributed by atoms with van der Waals surface area (Å²) in [6.45, 7) is 10.5. The van der Waals surface area contributed by atoms with Crippen LogP contribution in [0.4, 0.5) is 0 Å². The van der Waals surface area contributed by atoms with Gasteiger partial charge >= 0.3 is 0 Å². The molecule has 0 saturated carbocycles. The fourth-order valence-corrected chi connectivity index (χ4v) is 4.19. The van der Waals surface area contributed by atoms with Crippen molar-refractivity contribution in [3.63, 3.8) is 0 Å². The van der Waals surface area contributed by atoms with E-state index in [-0.39, 0.29) is 0 Å². The second-order valence-corrected chi connectivity index (χ2v) is 9.18. The maximum absolute atomic E-state index is 4.80. The third-order valence-corrected chi connectivity index (χ3v) is 5.48. The number of fused-ring (bicyclic) bond motifs is 1. The zero-order valence-electron chi connectivity index (χ0n) is 16.9. The molecule has 0 spiro atoms. The van der Waals surface area contributed by atoms with Crippen LogP contribution in [0, 0.1) is 5.41 Å². The van der Waals surface area contributed by atoms with Crippen molar-refractivity contribution in [1.29, 1.82) is 0 Å². The molecule has 1 fully saturated rings. The lowest BCUT2D eigenvalue weighted by Gasteiger charge is -2.35. The maximum Gasteiger partial charge on any atom is 0.0568 e. The van der Waals surface area contributed by atoms with Crippen molar-refractivity contribution in [1.82, 2.24) is 19.7 Å². The number of pyridine rings is 1. The number of piperidine rings is 1. The van der Waals surface area contributed by atoms with Gasteiger partial charge in [0, 0.05) is 48.5 Å². The van der Waals surface area contributed by atoms with Crippen LogP contribution in [0.2, 0.25) is 0 Å². The Morgan fingerprint density at radius 3 is 2.44 bits per heavy atom. The third-order valence-electron chi connectivity index (χ3n) is 5.48. The van der Waals surface area contributed by atoms with Crippen LogP contribution >= 0.6 is 0 Å². The molecule has 4 nitrogen and oxygen atoms in total.